The van der Waals surface area contributed by atoms with Crippen molar-refractivity contribution in [2.24, 2.45) is 5.92 Å². The van der Waals surface area contributed by atoms with E-state index < -0.39 is 11.8 Å². The largest absolute Gasteiger partial charge is 0.493 e. The molecule has 2 aromatic rings. The molecule has 0 aliphatic heterocycles. The lowest BCUT2D eigenvalue weighted by atomic mass is 9.97. The molecule has 0 bridgehead atoms. The highest BCUT2D eigenvalue weighted by atomic mass is 35.5. The van der Waals surface area contributed by atoms with Gasteiger partial charge in [-0.05, 0) is 12.5 Å². The van der Waals surface area contributed by atoms with Crippen molar-refractivity contribution >= 4 is 45.9 Å². The minimum Gasteiger partial charge on any atom is -0.493 e. The van der Waals surface area contributed by atoms with Gasteiger partial charge in [-0.1, -0.05) is 30.1 Å². The number of hydrogen-bond acceptors (Lipinski definition) is 6. The summed E-state index contributed by atoms with van der Waals surface area (Å²) in [5, 5.41) is 3.68. The van der Waals surface area contributed by atoms with Crippen molar-refractivity contribution in [3.05, 3.63) is 40.0 Å². The van der Waals surface area contributed by atoms with Gasteiger partial charge in [0, 0.05) is 29.3 Å². The smallest absolute Gasteiger partial charge is 0.308 e. The van der Waals surface area contributed by atoms with Gasteiger partial charge in [-0.25, -0.2) is 14.4 Å². The maximum Gasteiger partial charge on any atom is 0.308 e. The molecule has 0 saturated heterocycles. The van der Waals surface area contributed by atoms with Crippen LogP contribution in [0.3, 0.4) is 0 Å². The third-order valence-corrected chi connectivity index (χ3v) is 4.91. The highest BCUT2D eigenvalue weighted by Gasteiger charge is 2.26. The van der Waals surface area contributed by atoms with Crippen LogP contribution in [0.1, 0.15) is 20.3 Å². The number of nitrogens with one attached hydrogen (secondary N) is 1. The fourth-order valence-electron chi connectivity index (χ4n) is 2.78. The Balaban J connectivity index is 2.11. The first-order valence-corrected chi connectivity index (χ1v) is 8.79. The van der Waals surface area contributed by atoms with Gasteiger partial charge in [0.05, 0.1) is 23.4 Å². The van der Waals surface area contributed by atoms with Crippen LogP contribution < -0.4 is 14.8 Å². The number of anilines is 1. The summed E-state index contributed by atoms with van der Waals surface area (Å²) >= 11 is 11.9. The number of hydrogen-bond donors (Lipinski definition) is 1. The Labute approximate surface area is 165 Å². The number of benzene rings is 1. The first kappa shape index (κ1) is 19.4. The van der Waals surface area contributed by atoms with Crippen LogP contribution in [-0.2, 0) is 4.79 Å². The van der Waals surface area contributed by atoms with Gasteiger partial charge in [-0.3, -0.25) is 4.79 Å². The summed E-state index contributed by atoms with van der Waals surface area (Å²) in [5.41, 5.74) is 0.804. The van der Waals surface area contributed by atoms with Crippen LogP contribution in [0, 0.1) is 5.92 Å². The standard InChI is InChI=1S/C18H16Cl2FN3O3/c1-8-4-11(19)15(20)16(21)17(8)24-18-10-5-14(27-9(2)25)13(26-3)6-12(10)22-7-23-18/h5-8H,4H2,1-3H3,(H,22,23,24). The number of fused-ring (bicyclic) bond motifs is 1. The summed E-state index contributed by atoms with van der Waals surface area (Å²) < 4.78 is 25.0. The first-order valence-electron chi connectivity index (χ1n) is 8.04. The lowest BCUT2D eigenvalue weighted by Crippen LogP contribution is -2.16. The SMILES string of the molecule is COc1cc2ncnc(NC3=C(F)C(Cl)=C(Cl)CC3C)c2cc1OC(C)=O. The van der Waals surface area contributed by atoms with E-state index in [-0.39, 0.29) is 27.4 Å². The lowest BCUT2D eigenvalue weighted by Gasteiger charge is -2.23. The molecule has 1 aromatic carbocycles. The summed E-state index contributed by atoms with van der Waals surface area (Å²) in [7, 11) is 1.45. The molecule has 6 nitrogen and oxygen atoms in total. The molecule has 1 N–H and O–H groups in total. The average molecular weight is 412 g/mol. The minimum absolute atomic E-state index is 0.113. The average Bonchev–Trinajstić information content (AvgIpc) is 2.62. The number of methoxy groups -OCH3 is 1. The molecule has 0 radical (unpaired) electrons. The van der Waals surface area contributed by atoms with Crippen LogP contribution in [0.4, 0.5) is 10.2 Å². The Hall–Kier alpha value is -2.38. The summed E-state index contributed by atoms with van der Waals surface area (Å²) in [6.45, 7) is 3.11. The predicted octanol–water partition coefficient (Wildman–Crippen LogP) is 4.89. The van der Waals surface area contributed by atoms with Crippen LogP contribution in [0.25, 0.3) is 10.9 Å². The van der Waals surface area contributed by atoms with E-state index in [1.54, 1.807) is 12.1 Å². The molecule has 3 rings (SSSR count). The first-order chi connectivity index (χ1) is 12.8. The molecule has 1 aliphatic carbocycles. The molecule has 142 valence electrons. The Morgan fingerprint density at radius 2 is 2.04 bits per heavy atom. The van der Waals surface area contributed by atoms with Gasteiger partial charge in [0.1, 0.15) is 12.1 Å². The highest BCUT2D eigenvalue weighted by molar-refractivity contribution is 6.40. The number of esters is 1. The number of halogens is 3. The van der Waals surface area contributed by atoms with Crippen molar-refractivity contribution in [2.75, 3.05) is 12.4 Å². The molecule has 27 heavy (non-hydrogen) atoms. The topological polar surface area (TPSA) is 73.3 Å². The Bertz CT molecular complexity index is 991. The van der Waals surface area contributed by atoms with Crippen molar-refractivity contribution in [3.63, 3.8) is 0 Å². The van der Waals surface area contributed by atoms with Crippen molar-refractivity contribution in [1.29, 1.82) is 0 Å². The van der Waals surface area contributed by atoms with E-state index in [0.29, 0.717) is 28.9 Å². The zero-order valence-corrected chi connectivity index (χ0v) is 16.3. The van der Waals surface area contributed by atoms with Gasteiger partial charge < -0.3 is 14.8 Å². The maximum atomic E-state index is 14.6. The molecule has 1 heterocycles. The summed E-state index contributed by atoms with van der Waals surface area (Å²) in [6, 6.07) is 3.17. The zero-order valence-electron chi connectivity index (χ0n) is 14.8. The molecule has 9 heteroatoms. The molecule has 0 spiro atoms. The van der Waals surface area contributed by atoms with E-state index >= 15 is 0 Å². The van der Waals surface area contributed by atoms with E-state index in [1.807, 2.05) is 6.92 Å². The van der Waals surface area contributed by atoms with Crippen LogP contribution in [-0.4, -0.2) is 23.0 Å². The van der Waals surface area contributed by atoms with Gasteiger partial charge >= 0.3 is 5.97 Å². The second-order valence-electron chi connectivity index (χ2n) is 6.01. The van der Waals surface area contributed by atoms with Gasteiger partial charge in [-0.2, -0.15) is 0 Å². The van der Waals surface area contributed by atoms with E-state index in [2.05, 4.69) is 15.3 Å². The molecule has 1 unspecified atom stereocenters. The van der Waals surface area contributed by atoms with Crippen molar-refractivity contribution in [2.45, 2.75) is 20.3 Å². The van der Waals surface area contributed by atoms with Crippen molar-refractivity contribution in [1.82, 2.24) is 9.97 Å². The van der Waals surface area contributed by atoms with Crippen LogP contribution in [0.15, 0.2) is 40.0 Å². The predicted molar refractivity (Wildman–Crippen MR) is 102 cm³/mol. The third-order valence-electron chi connectivity index (χ3n) is 4.07. The van der Waals surface area contributed by atoms with Gasteiger partial charge in [0.2, 0.25) is 0 Å². The molecular formula is C18H16Cl2FN3O3. The van der Waals surface area contributed by atoms with Crippen molar-refractivity contribution in [3.8, 4) is 11.5 Å². The maximum absolute atomic E-state index is 14.6. The molecule has 0 saturated carbocycles. The molecule has 0 amide bonds. The number of ether oxygens (including phenoxy) is 2. The summed E-state index contributed by atoms with van der Waals surface area (Å²) in [5.74, 6) is -0.452. The molecule has 1 aromatic heterocycles. The third kappa shape index (κ3) is 3.84. The number of carbonyl (C=O) groups excluding carboxylic acids is 1. The molecular weight excluding hydrogens is 396 g/mol. The monoisotopic (exact) mass is 411 g/mol. The van der Waals surface area contributed by atoms with Crippen molar-refractivity contribution < 1.29 is 18.7 Å². The fourth-order valence-corrected chi connectivity index (χ4v) is 3.27. The second kappa shape index (κ2) is 7.70. The molecule has 0 fully saturated rings. The van der Waals surface area contributed by atoms with Gasteiger partial charge in [-0.15, -0.1) is 0 Å². The van der Waals surface area contributed by atoms with Crippen LogP contribution in [0.5, 0.6) is 11.5 Å². The van der Waals surface area contributed by atoms with Crippen LogP contribution in [0.2, 0.25) is 0 Å². The minimum atomic E-state index is -0.624. The van der Waals surface area contributed by atoms with E-state index in [4.69, 9.17) is 32.7 Å². The second-order valence-corrected chi connectivity index (χ2v) is 6.85. The van der Waals surface area contributed by atoms with E-state index in [1.165, 1.54) is 20.4 Å². The number of aromatic nitrogens is 2. The Morgan fingerprint density at radius 1 is 1.30 bits per heavy atom. The molecule has 1 atom stereocenters. The van der Waals surface area contributed by atoms with Gasteiger partial charge in [0.25, 0.3) is 0 Å². The van der Waals surface area contributed by atoms with Crippen LogP contribution >= 0.6 is 23.2 Å². The normalized spacial score (nSPS) is 17.3. The molecule has 1 aliphatic rings. The van der Waals surface area contributed by atoms with E-state index in [9.17, 15) is 9.18 Å². The highest BCUT2D eigenvalue weighted by Crippen LogP contribution is 2.40. The summed E-state index contributed by atoms with van der Waals surface area (Å²) in [6.07, 6.45) is 1.75. The zero-order chi connectivity index (χ0) is 19.7. The summed E-state index contributed by atoms with van der Waals surface area (Å²) in [4.78, 5) is 19.7. The number of carbonyl (C=O) groups is 1. The fraction of sp³-hybridized carbons (Fsp3) is 0.278. The number of allylic oxidation sites excluding steroid dienone is 4. The number of rotatable bonds is 4. The van der Waals surface area contributed by atoms with Gasteiger partial charge in [0.15, 0.2) is 17.3 Å². The quantitative estimate of drug-likeness (QED) is 0.570. The Morgan fingerprint density at radius 3 is 2.70 bits per heavy atom. The lowest BCUT2D eigenvalue weighted by molar-refractivity contribution is -0.132. The van der Waals surface area contributed by atoms with E-state index in [0.717, 1.165) is 0 Å². The Kier molecular flexibility index (Phi) is 5.53. The number of nitrogens with zero attached hydrogens (tertiary/aromatic N) is 2.